The first kappa shape index (κ1) is 21.2. The van der Waals surface area contributed by atoms with E-state index in [1.54, 1.807) is 25.7 Å². The van der Waals surface area contributed by atoms with Gasteiger partial charge in [0.15, 0.2) is 0 Å². The molecule has 2 unspecified atom stereocenters. The van der Waals surface area contributed by atoms with Gasteiger partial charge in [0.05, 0.1) is 0 Å². The lowest BCUT2D eigenvalue weighted by Gasteiger charge is -2.61. The van der Waals surface area contributed by atoms with Gasteiger partial charge in [0.2, 0.25) is 0 Å². The SMILES string of the molecule is CCCC(N)CC[C@@H](C)[C@H]1CC[C@H]2[C@@H]3CCC4CCCC[C@]4(C)[C@H]3CC[C@]12C. The van der Waals surface area contributed by atoms with E-state index in [0.717, 1.165) is 35.5 Å². The molecular weight excluding hydrogens is 338 g/mol. The summed E-state index contributed by atoms with van der Waals surface area (Å²) in [5.41, 5.74) is 7.69. The molecule has 2 N–H and O–H groups in total. The molecule has 1 heteroatoms. The zero-order valence-corrected chi connectivity index (χ0v) is 19.5. The molecule has 4 saturated carbocycles. The van der Waals surface area contributed by atoms with E-state index in [1.807, 2.05) is 0 Å². The molecule has 0 saturated heterocycles. The summed E-state index contributed by atoms with van der Waals surface area (Å²) < 4.78 is 0. The number of rotatable bonds is 6. The molecule has 0 heterocycles. The third-order valence-electron chi connectivity index (χ3n) is 11.0. The fourth-order valence-electron chi connectivity index (χ4n) is 9.46. The number of fused-ring (bicyclic) bond motifs is 5. The van der Waals surface area contributed by atoms with Crippen molar-refractivity contribution in [3.8, 4) is 0 Å². The molecule has 0 bridgehead atoms. The van der Waals surface area contributed by atoms with Gasteiger partial charge < -0.3 is 5.73 Å². The number of nitrogens with two attached hydrogens (primary N) is 1. The van der Waals surface area contributed by atoms with Crippen molar-refractivity contribution in [3.05, 3.63) is 0 Å². The molecule has 1 nitrogen and oxygen atoms in total. The molecule has 0 aliphatic heterocycles. The lowest BCUT2D eigenvalue weighted by Crippen LogP contribution is -2.53. The van der Waals surface area contributed by atoms with Crippen LogP contribution in [0.2, 0.25) is 0 Å². The average Bonchev–Trinajstić information content (AvgIpc) is 3.03. The van der Waals surface area contributed by atoms with E-state index in [4.69, 9.17) is 5.73 Å². The first-order valence-electron chi connectivity index (χ1n) is 13.2. The van der Waals surface area contributed by atoms with E-state index in [0.29, 0.717) is 16.9 Å². The van der Waals surface area contributed by atoms with Gasteiger partial charge in [0.1, 0.15) is 0 Å². The summed E-state index contributed by atoms with van der Waals surface area (Å²) in [7, 11) is 0. The molecule has 28 heavy (non-hydrogen) atoms. The Bertz CT molecular complexity index is 528. The highest BCUT2D eigenvalue weighted by molar-refractivity contribution is 5.09. The van der Waals surface area contributed by atoms with Crippen molar-refractivity contribution >= 4 is 0 Å². The molecule has 0 aromatic carbocycles. The van der Waals surface area contributed by atoms with Gasteiger partial charge in [-0.15, -0.1) is 0 Å². The van der Waals surface area contributed by atoms with Gasteiger partial charge in [-0.05, 0) is 117 Å². The van der Waals surface area contributed by atoms with Crippen LogP contribution >= 0.6 is 0 Å². The topological polar surface area (TPSA) is 26.0 Å². The maximum atomic E-state index is 6.36. The molecule has 4 aliphatic rings. The van der Waals surface area contributed by atoms with E-state index < -0.39 is 0 Å². The summed E-state index contributed by atoms with van der Waals surface area (Å²) in [6.07, 6.45) is 20.4. The third kappa shape index (κ3) is 3.50. The molecular formula is C27H49N. The first-order chi connectivity index (χ1) is 13.4. The summed E-state index contributed by atoms with van der Waals surface area (Å²) in [5, 5.41) is 0. The Hall–Kier alpha value is -0.0400. The predicted molar refractivity (Wildman–Crippen MR) is 121 cm³/mol. The molecule has 0 aromatic heterocycles. The lowest BCUT2D eigenvalue weighted by atomic mass is 9.44. The van der Waals surface area contributed by atoms with Crippen molar-refractivity contribution in [1.82, 2.24) is 0 Å². The zero-order valence-electron chi connectivity index (χ0n) is 19.5. The summed E-state index contributed by atoms with van der Waals surface area (Å²) >= 11 is 0. The molecule has 0 radical (unpaired) electrons. The highest BCUT2D eigenvalue weighted by Crippen LogP contribution is 2.68. The minimum Gasteiger partial charge on any atom is -0.328 e. The van der Waals surface area contributed by atoms with Crippen LogP contribution in [0.3, 0.4) is 0 Å². The van der Waals surface area contributed by atoms with Crippen molar-refractivity contribution in [3.63, 3.8) is 0 Å². The van der Waals surface area contributed by atoms with Crippen LogP contribution in [0.25, 0.3) is 0 Å². The van der Waals surface area contributed by atoms with Gasteiger partial charge in [0.25, 0.3) is 0 Å². The Balaban J connectivity index is 1.44. The smallest absolute Gasteiger partial charge is 0.00388 e. The van der Waals surface area contributed by atoms with Crippen molar-refractivity contribution in [2.24, 2.45) is 52.1 Å². The highest BCUT2D eigenvalue weighted by atomic mass is 14.7. The van der Waals surface area contributed by atoms with Gasteiger partial charge in [0, 0.05) is 6.04 Å². The van der Waals surface area contributed by atoms with E-state index in [9.17, 15) is 0 Å². The Morgan fingerprint density at radius 2 is 1.61 bits per heavy atom. The molecule has 0 aromatic rings. The van der Waals surface area contributed by atoms with Crippen molar-refractivity contribution < 1.29 is 0 Å². The predicted octanol–water partition coefficient (Wildman–Crippen LogP) is 7.58. The second-order valence-corrected chi connectivity index (χ2v) is 12.2. The van der Waals surface area contributed by atoms with Crippen LogP contribution in [0.1, 0.15) is 118 Å². The highest BCUT2D eigenvalue weighted by Gasteiger charge is 2.60. The number of hydrogen-bond acceptors (Lipinski definition) is 1. The second kappa shape index (κ2) is 8.24. The normalized spacial score (nSPS) is 47.7. The number of hydrogen-bond donors (Lipinski definition) is 1. The van der Waals surface area contributed by atoms with Crippen LogP contribution in [0.5, 0.6) is 0 Å². The van der Waals surface area contributed by atoms with Crippen LogP contribution in [0, 0.1) is 46.3 Å². The molecule has 4 rings (SSSR count). The standard InChI is InChI=1S/C27H49N/c1-5-8-21(28)12-10-19(2)23-14-15-24-22-13-11-20-9-6-7-17-26(20,3)25(22)16-18-27(23,24)4/h19-25H,5-18,28H2,1-4H3/t19-,20?,21?,22+,23-,24+,25+,26+,27-/m1/s1. The van der Waals surface area contributed by atoms with Gasteiger partial charge in [-0.2, -0.15) is 0 Å². The van der Waals surface area contributed by atoms with Crippen LogP contribution in [-0.2, 0) is 0 Å². The first-order valence-corrected chi connectivity index (χ1v) is 13.2. The molecule has 0 spiro atoms. The fraction of sp³-hybridized carbons (Fsp3) is 1.00. The summed E-state index contributed by atoms with van der Waals surface area (Å²) in [5.74, 6) is 6.03. The molecule has 4 fully saturated rings. The van der Waals surface area contributed by atoms with Crippen LogP contribution < -0.4 is 5.73 Å². The van der Waals surface area contributed by atoms with Crippen molar-refractivity contribution in [2.75, 3.05) is 0 Å². The van der Waals surface area contributed by atoms with Crippen LogP contribution in [-0.4, -0.2) is 6.04 Å². The minimum absolute atomic E-state index is 0.440. The monoisotopic (exact) mass is 387 g/mol. The van der Waals surface area contributed by atoms with Crippen molar-refractivity contribution in [1.29, 1.82) is 0 Å². The Morgan fingerprint density at radius 3 is 2.39 bits per heavy atom. The largest absolute Gasteiger partial charge is 0.328 e. The van der Waals surface area contributed by atoms with E-state index in [2.05, 4.69) is 27.7 Å². The minimum atomic E-state index is 0.440. The van der Waals surface area contributed by atoms with Crippen LogP contribution in [0.15, 0.2) is 0 Å². The third-order valence-corrected chi connectivity index (χ3v) is 11.0. The van der Waals surface area contributed by atoms with Gasteiger partial charge >= 0.3 is 0 Å². The van der Waals surface area contributed by atoms with E-state index in [-0.39, 0.29) is 0 Å². The van der Waals surface area contributed by atoms with Crippen LogP contribution in [0.4, 0.5) is 0 Å². The zero-order chi connectivity index (χ0) is 19.9. The molecule has 9 atom stereocenters. The van der Waals surface area contributed by atoms with E-state index >= 15 is 0 Å². The second-order valence-electron chi connectivity index (χ2n) is 12.2. The van der Waals surface area contributed by atoms with Gasteiger partial charge in [-0.1, -0.05) is 47.0 Å². The Kier molecular flexibility index (Phi) is 6.24. The maximum Gasteiger partial charge on any atom is 0.00388 e. The molecule has 0 amide bonds. The summed E-state index contributed by atoms with van der Waals surface area (Å²) in [6.45, 7) is 10.3. The lowest BCUT2D eigenvalue weighted by molar-refractivity contribution is -0.114. The Morgan fingerprint density at radius 1 is 0.821 bits per heavy atom. The average molecular weight is 388 g/mol. The van der Waals surface area contributed by atoms with Crippen molar-refractivity contribution in [2.45, 2.75) is 124 Å². The fourth-order valence-corrected chi connectivity index (χ4v) is 9.46. The maximum absolute atomic E-state index is 6.36. The molecule has 4 aliphatic carbocycles. The summed E-state index contributed by atoms with van der Waals surface area (Å²) in [6, 6.07) is 0.440. The van der Waals surface area contributed by atoms with Gasteiger partial charge in [-0.25, -0.2) is 0 Å². The van der Waals surface area contributed by atoms with Gasteiger partial charge in [-0.3, -0.25) is 0 Å². The summed E-state index contributed by atoms with van der Waals surface area (Å²) in [4.78, 5) is 0. The quantitative estimate of drug-likeness (QED) is 0.499. The molecule has 162 valence electrons. The Labute approximate surface area is 176 Å². The van der Waals surface area contributed by atoms with E-state index in [1.165, 1.54) is 64.2 Å².